The summed E-state index contributed by atoms with van der Waals surface area (Å²) >= 11 is 6.17. The van der Waals surface area contributed by atoms with Gasteiger partial charge in [-0.2, -0.15) is 0 Å². The van der Waals surface area contributed by atoms with E-state index in [2.05, 4.69) is 0 Å². The van der Waals surface area contributed by atoms with Crippen molar-refractivity contribution in [3.63, 3.8) is 0 Å². The summed E-state index contributed by atoms with van der Waals surface area (Å²) in [7, 11) is 0. The minimum atomic E-state index is -0.360. The van der Waals surface area contributed by atoms with Gasteiger partial charge in [-0.25, -0.2) is 4.98 Å². The number of aryl methyl sites for hydroxylation is 1. The lowest BCUT2D eigenvalue weighted by atomic mass is 10.1. The Morgan fingerprint density at radius 2 is 1.83 bits per heavy atom. The molecule has 1 atom stereocenters. The molecule has 1 heterocycles. The van der Waals surface area contributed by atoms with Crippen LogP contribution in [0.2, 0.25) is 5.02 Å². The van der Waals surface area contributed by atoms with Crippen molar-refractivity contribution in [1.82, 2.24) is 14.5 Å². The average Bonchev–Trinajstić information content (AvgIpc) is 2.72. The topological polar surface area (TPSA) is 55.2 Å². The Hall–Kier alpha value is -2.66. The highest BCUT2D eigenvalue weighted by Gasteiger charge is 2.26. The molecule has 1 aromatic heterocycles. The third-order valence-corrected chi connectivity index (χ3v) is 5.47. The van der Waals surface area contributed by atoms with Gasteiger partial charge in [0, 0.05) is 18.0 Å². The van der Waals surface area contributed by atoms with Crippen LogP contribution in [0.15, 0.2) is 47.3 Å². The van der Waals surface area contributed by atoms with Crippen LogP contribution in [0.5, 0.6) is 0 Å². The largest absolute Gasteiger partial charge is 0.333 e. The lowest BCUT2D eigenvalue weighted by Crippen LogP contribution is -2.37. The molecule has 0 aliphatic rings. The maximum absolute atomic E-state index is 13.5. The molecule has 0 spiro atoms. The average molecular weight is 426 g/mol. The van der Waals surface area contributed by atoms with E-state index in [0.29, 0.717) is 34.7 Å². The van der Waals surface area contributed by atoms with Crippen LogP contribution in [0.25, 0.3) is 16.6 Å². The quantitative estimate of drug-likeness (QED) is 0.506. The van der Waals surface area contributed by atoms with Crippen LogP contribution in [0.3, 0.4) is 0 Å². The van der Waals surface area contributed by atoms with Gasteiger partial charge in [-0.15, -0.1) is 0 Å². The third kappa shape index (κ3) is 4.41. The molecule has 6 heteroatoms. The molecule has 0 bridgehead atoms. The Morgan fingerprint density at radius 3 is 2.47 bits per heavy atom. The van der Waals surface area contributed by atoms with E-state index in [1.165, 1.54) is 0 Å². The number of carbonyl (C=O) groups is 1. The summed E-state index contributed by atoms with van der Waals surface area (Å²) in [6.45, 7) is 8.58. The van der Waals surface area contributed by atoms with Crippen LogP contribution in [0.4, 0.5) is 0 Å². The van der Waals surface area contributed by atoms with Crippen LogP contribution in [-0.2, 0) is 4.79 Å². The van der Waals surface area contributed by atoms with Crippen LogP contribution >= 0.6 is 11.6 Å². The minimum Gasteiger partial charge on any atom is -0.333 e. The molecule has 0 radical (unpaired) electrons. The highest BCUT2D eigenvalue weighted by molar-refractivity contribution is 6.31. The minimum absolute atomic E-state index is 0.0720. The van der Waals surface area contributed by atoms with Crippen LogP contribution in [0.1, 0.15) is 57.5 Å². The Kier molecular flexibility index (Phi) is 6.93. The summed E-state index contributed by atoms with van der Waals surface area (Å²) in [6, 6.07) is 12.5. The van der Waals surface area contributed by atoms with Gasteiger partial charge in [0.2, 0.25) is 5.91 Å². The molecule has 2 aromatic carbocycles. The lowest BCUT2D eigenvalue weighted by molar-refractivity contribution is -0.133. The van der Waals surface area contributed by atoms with E-state index in [9.17, 15) is 9.59 Å². The first-order valence-corrected chi connectivity index (χ1v) is 10.8. The van der Waals surface area contributed by atoms with Gasteiger partial charge in [-0.1, -0.05) is 43.1 Å². The van der Waals surface area contributed by atoms with Gasteiger partial charge in [0.1, 0.15) is 5.82 Å². The van der Waals surface area contributed by atoms with Crippen LogP contribution in [0, 0.1) is 6.92 Å². The first-order valence-electron chi connectivity index (χ1n) is 10.5. The van der Waals surface area contributed by atoms with E-state index in [-0.39, 0.29) is 17.5 Å². The van der Waals surface area contributed by atoms with E-state index < -0.39 is 0 Å². The van der Waals surface area contributed by atoms with Gasteiger partial charge in [0.25, 0.3) is 5.56 Å². The summed E-state index contributed by atoms with van der Waals surface area (Å²) in [6.07, 6.45) is 2.07. The summed E-state index contributed by atoms with van der Waals surface area (Å²) < 4.78 is 1.63. The van der Waals surface area contributed by atoms with Gasteiger partial charge in [-0.3, -0.25) is 14.2 Å². The van der Waals surface area contributed by atoms with Crippen molar-refractivity contribution < 1.29 is 4.79 Å². The fourth-order valence-electron chi connectivity index (χ4n) is 3.67. The number of aromatic nitrogens is 2. The molecule has 3 aromatic rings. The number of nitrogens with zero attached hydrogens (tertiary/aromatic N) is 3. The number of rotatable bonds is 7. The summed E-state index contributed by atoms with van der Waals surface area (Å²) in [5, 5.41) is 1.02. The van der Waals surface area contributed by atoms with Crippen molar-refractivity contribution in [3.8, 4) is 5.69 Å². The van der Waals surface area contributed by atoms with Crippen molar-refractivity contribution >= 4 is 28.4 Å². The molecule has 3 rings (SSSR count). The zero-order valence-electron chi connectivity index (χ0n) is 18.0. The number of hydrogen-bond acceptors (Lipinski definition) is 3. The lowest BCUT2D eigenvalue weighted by Gasteiger charge is -2.30. The maximum atomic E-state index is 13.5. The Bertz CT molecular complexity index is 1110. The number of carbonyl (C=O) groups excluding carboxylic acids is 1. The van der Waals surface area contributed by atoms with E-state index in [1.54, 1.807) is 22.8 Å². The molecule has 0 aliphatic heterocycles. The number of fused-ring (bicyclic) bond motifs is 1. The zero-order chi connectivity index (χ0) is 21.8. The van der Waals surface area contributed by atoms with E-state index in [4.69, 9.17) is 16.6 Å². The number of hydrogen-bond donors (Lipinski definition) is 0. The van der Waals surface area contributed by atoms with Crippen molar-refractivity contribution in [2.45, 2.75) is 53.0 Å². The first kappa shape index (κ1) is 22.0. The van der Waals surface area contributed by atoms with Gasteiger partial charge in [0.05, 0.1) is 22.6 Å². The first-order chi connectivity index (χ1) is 14.4. The molecule has 30 heavy (non-hydrogen) atoms. The van der Waals surface area contributed by atoms with Gasteiger partial charge in [0.15, 0.2) is 0 Å². The molecule has 5 nitrogen and oxygen atoms in total. The molecule has 0 fully saturated rings. The SMILES string of the molecule is CCCC(=O)N(CCC)[C@H](C)c1nc2cc(Cl)ccc2c(=O)n1-c1ccc(C)cc1. The summed E-state index contributed by atoms with van der Waals surface area (Å²) in [4.78, 5) is 33.0. The molecule has 0 saturated carbocycles. The standard InChI is InChI=1S/C24H28ClN3O2/c1-5-7-22(29)27(14-6-2)17(4)23-26-21-15-18(25)10-13-20(21)24(30)28(23)19-11-8-16(3)9-12-19/h8-13,15,17H,5-7,14H2,1-4H3/t17-/m1/s1. The Balaban J connectivity index is 2.27. The van der Waals surface area contributed by atoms with Gasteiger partial charge >= 0.3 is 0 Å². The molecule has 0 unspecified atom stereocenters. The van der Waals surface area contributed by atoms with Crippen LogP contribution < -0.4 is 5.56 Å². The highest BCUT2D eigenvalue weighted by Crippen LogP contribution is 2.25. The third-order valence-electron chi connectivity index (χ3n) is 5.24. The Labute approximate surface area is 182 Å². The molecule has 0 saturated heterocycles. The van der Waals surface area contributed by atoms with E-state index in [1.807, 2.05) is 56.9 Å². The predicted molar refractivity (Wildman–Crippen MR) is 122 cm³/mol. The van der Waals surface area contributed by atoms with Gasteiger partial charge in [-0.05, 0) is 57.0 Å². The number of halogens is 1. The molecule has 0 N–H and O–H groups in total. The zero-order valence-corrected chi connectivity index (χ0v) is 18.7. The maximum Gasteiger partial charge on any atom is 0.266 e. The van der Waals surface area contributed by atoms with Crippen LogP contribution in [-0.4, -0.2) is 26.9 Å². The highest BCUT2D eigenvalue weighted by atomic mass is 35.5. The number of benzene rings is 2. The Morgan fingerprint density at radius 1 is 1.13 bits per heavy atom. The smallest absolute Gasteiger partial charge is 0.266 e. The fourth-order valence-corrected chi connectivity index (χ4v) is 3.84. The van der Waals surface area contributed by atoms with Crippen molar-refractivity contribution in [2.75, 3.05) is 6.54 Å². The molecule has 0 aliphatic carbocycles. The van der Waals surface area contributed by atoms with Crippen molar-refractivity contribution in [3.05, 3.63) is 69.2 Å². The van der Waals surface area contributed by atoms with E-state index in [0.717, 1.165) is 24.1 Å². The van der Waals surface area contributed by atoms with Crippen molar-refractivity contribution in [2.24, 2.45) is 0 Å². The normalized spacial score (nSPS) is 12.2. The van der Waals surface area contributed by atoms with Gasteiger partial charge < -0.3 is 4.90 Å². The second kappa shape index (κ2) is 9.43. The molecular weight excluding hydrogens is 398 g/mol. The molecule has 158 valence electrons. The number of amides is 1. The molecule has 1 amide bonds. The predicted octanol–water partition coefficient (Wildman–Crippen LogP) is 5.45. The van der Waals surface area contributed by atoms with E-state index >= 15 is 0 Å². The summed E-state index contributed by atoms with van der Waals surface area (Å²) in [5.41, 5.74) is 2.21. The molecular formula is C24H28ClN3O2. The second-order valence-corrected chi connectivity index (χ2v) is 8.06. The fraction of sp³-hybridized carbons (Fsp3) is 0.375. The van der Waals surface area contributed by atoms with Crippen molar-refractivity contribution in [1.29, 1.82) is 0 Å². The summed E-state index contributed by atoms with van der Waals surface area (Å²) in [5.74, 6) is 0.610. The monoisotopic (exact) mass is 425 g/mol. The second-order valence-electron chi connectivity index (χ2n) is 7.62.